The van der Waals surface area contributed by atoms with Crippen LogP contribution in [-0.4, -0.2) is 55.1 Å². The summed E-state index contributed by atoms with van der Waals surface area (Å²) < 4.78 is 5.41. The summed E-state index contributed by atoms with van der Waals surface area (Å²) in [5, 5.41) is 18.2. The molecule has 10 nitrogen and oxygen atoms in total. The van der Waals surface area contributed by atoms with E-state index in [0.29, 0.717) is 55.0 Å². The molecule has 2 aromatic carbocycles. The normalized spacial score (nSPS) is 13.4. The highest BCUT2D eigenvalue weighted by atomic mass is 16.5. The molecule has 0 atom stereocenters. The summed E-state index contributed by atoms with van der Waals surface area (Å²) in [6.45, 7) is 7.92. The number of hydrogen-bond donors (Lipinski definition) is 3. The van der Waals surface area contributed by atoms with Crippen LogP contribution in [0.2, 0.25) is 0 Å². The maximum absolute atomic E-state index is 13.2. The Kier molecular flexibility index (Phi) is 7.88. The SMILES string of the molecule is CNc1cc(C(=O)Nc2cc(NC(=O)c3cccc(C(C)(C)C#N)c3)ccc2C)nc(N2CCOCC2)n1. The van der Waals surface area contributed by atoms with Crippen molar-refractivity contribution in [3.05, 3.63) is 70.9 Å². The predicted octanol–water partition coefficient (Wildman–Crippen LogP) is 3.97. The summed E-state index contributed by atoms with van der Waals surface area (Å²) >= 11 is 0. The molecule has 2 amide bonds. The monoisotopic (exact) mass is 513 g/mol. The highest BCUT2D eigenvalue weighted by Gasteiger charge is 2.21. The summed E-state index contributed by atoms with van der Waals surface area (Å²) in [7, 11) is 1.74. The van der Waals surface area contributed by atoms with E-state index >= 15 is 0 Å². The van der Waals surface area contributed by atoms with Crippen molar-refractivity contribution >= 4 is 35.0 Å². The number of carbonyl (C=O) groups is 2. The van der Waals surface area contributed by atoms with Gasteiger partial charge in [-0.1, -0.05) is 18.2 Å². The molecule has 10 heteroatoms. The van der Waals surface area contributed by atoms with Crippen molar-refractivity contribution in [2.75, 3.05) is 54.2 Å². The smallest absolute Gasteiger partial charge is 0.274 e. The van der Waals surface area contributed by atoms with Crippen LogP contribution in [0.25, 0.3) is 0 Å². The van der Waals surface area contributed by atoms with Crippen LogP contribution in [0.3, 0.4) is 0 Å². The Labute approximate surface area is 222 Å². The van der Waals surface area contributed by atoms with Gasteiger partial charge in [-0.15, -0.1) is 0 Å². The van der Waals surface area contributed by atoms with Crippen LogP contribution < -0.4 is 20.9 Å². The minimum Gasteiger partial charge on any atom is -0.378 e. The Hall–Kier alpha value is -4.49. The van der Waals surface area contributed by atoms with E-state index in [1.165, 1.54) is 0 Å². The van der Waals surface area contributed by atoms with Gasteiger partial charge in [-0.25, -0.2) is 4.98 Å². The minimum absolute atomic E-state index is 0.219. The molecule has 3 aromatic rings. The number of morpholine rings is 1. The number of anilines is 4. The van der Waals surface area contributed by atoms with Crippen molar-refractivity contribution < 1.29 is 14.3 Å². The van der Waals surface area contributed by atoms with E-state index in [4.69, 9.17) is 4.74 Å². The lowest BCUT2D eigenvalue weighted by Gasteiger charge is -2.27. The number of aromatic nitrogens is 2. The number of nitrogens with one attached hydrogen (secondary N) is 3. The van der Waals surface area contributed by atoms with Gasteiger partial charge in [-0.05, 0) is 56.2 Å². The number of ether oxygens (including phenoxy) is 1. The van der Waals surface area contributed by atoms with Gasteiger partial charge in [0.2, 0.25) is 5.95 Å². The van der Waals surface area contributed by atoms with E-state index in [1.54, 1.807) is 57.3 Å². The second-order valence-electron chi connectivity index (χ2n) is 9.54. The molecule has 0 radical (unpaired) electrons. The zero-order valence-electron chi connectivity index (χ0n) is 22.0. The molecule has 3 N–H and O–H groups in total. The number of nitriles is 1. The molecule has 0 bridgehead atoms. The Morgan fingerprint density at radius 2 is 1.79 bits per heavy atom. The lowest BCUT2D eigenvalue weighted by Crippen LogP contribution is -2.37. The summed E-state index contributed by atoms with van der Waals surface area (Å²) in [4.78, 5) is 37.1. The van der Waals surface area contributed by atoms with Crippen LogP contribution in [0.5, 0.6) is 0 Å². The van der Waals surface area contributed by atoms with Crippen LogP contribution in [0.15, 0.2) is 48.5 Å². The van der Waals surface area contributed by atoms with Crippen molar-refractivity contribution in [3.63, 3.8) is 0 Å². The molecule has 1 aliphatic heterocycles. The first-order valence-electron chi connectivity index (χ1n) is 12.3. The maximum atomic E-state index is 13.2. The Bertz CT molecular complexity index is 1390. The first kappa shape index (κ1) is 26.6. The molecule has 2 heterocycles. The van der Waals surface area contributed by atoms with Gasteiger partial charge in [0.25, 0.3) is 11.8 Å². The Balaban J connectivity index is 1.52. The Morgan fingerprint density at radius 1 is 1.03 bits per heavy atom. The summed E-state index contributed by atoms with van der Waals surface area (Å²) in [5.41, 5.74) is 2.59. The minimum atomic E-state index is -0.715. The van der Waals surface area contributed by atoms with E-state index in [9.17, 15) is 14.9 Å². The van der Waals surface area contributed by atoms with Crippen LogP contribution in [0.4, 0.5) is 23.1 Å². The van der Waals surface area contributed by atoms with Gasteiger partial charge >= 0.3 is 0 Å². The highest BCUT2D eigenvalue weighted by molar-refractivity contribution is 6.06. The quantitative estimate of drug-likeness (QED) is 0.432. The molecule has 4 rings (SSSR count). The van der Waals surface area contributed by atoms with E-state index < -0.39 is 11.3 Å². The first-order chi connectivity index (χ1) is 18.2. The van der Waals surface area contributed by atoms with Crippen LogP contribution in [-0.2, 0) is 10.2 Å². The van der Waals surface area contributed by atoms with Gasteiger partial charge in [0.15, 0.2) is 0 Å². The lowest BCUT2D eigenvalue weighted by molar-refractivity contribution is 0.101. The van der Waals surface area contributed by atoms with Gasteiger partial charge in [-0.2, -0.15) is 10.2 Å². The van der Waals surface area contributed by atoms with E-state index in [-0.39, 0.29) is 11.6 Å². The largest absolute Gasteiger partial charge is 0.378 e. The second kappa shape index (κ2) is 11.3. The molecule has 1 aromatic heterocycles. The average Bonchev–Trinajstić information content (AvgIpc) is 2.95. The Morgan fingerprint density at radius 3 is 2.50 bits per heavy atom. The van der Waals surface area contributed by atoms with E-state index in [1.807, 2.05) is 24.0 Å². The van der Waals surface area contributed by atoms with Gasteiger partial charge in [0.1, 0.15) is 11.5 Å². The van der Waals surface area contributed by atoms with Gasteiger partial charge in [0, 0.05) is 43.1 Å². The predicted molar refractivity (Wildman–Crippen MR) is 147 cm³/mol. The average molecular weight is 514 g/mol. The summed E-state index contributed by atoms with van der Waals surface area (Å²) in [6.07, 6.45) is 0. The van der Waals surface area contributed by atoms with Crippen molar-refractivity contribution in [1.82, 2.24) is 9.97 Å². The third-order valence-electron chi connectivity index (χ3n) is 6.37. The fourth-order valence-corrected chi connectivity index (χ4v) is 3.92. The second-order valence-corrected chi connectivity index (χ2v) is 9.54. The molecule has 0 unspecified atom stereocenters. The summed E-state index contributed by atoms with van der Waals surface area (Å²) in [6, 6.07) is 16.1. The molecule has 1 aliphatic rings. The number of hydrogen-bond acceptors (Lipinski definition) is 8. The number of benzene rings is 2. The van der Waals surface area contributed by atoms with Crippen molar-refractivity contribution in [1.29, 1.82) is 5.26 Å². The molecule has 0 aliphatic carbocycles. The zero-order valence-corrected chi connectivity index (χ0v) is 22.0. The third kappa shape index (κ3) is 6.07. The van der Waals surface area contributed by atoms with E-state index in [2.05, 4.69) is 32.0 Å². The molecule has 196 valence electrons. The molecule has 0 saturated carbocycles. The highest BCUT2D eigenvalue weighted by Crippen LogP contribution is 2.25. The maximum Gasteiger partial charge on any atom is 0.274 e. The fraction of sp³-hybridized carbons (Fsp3) is 0.321. The van der Waals surface area contributed by atoms with Crippen molar-refractivity contribution in [2.24, 2.45) is 0 Å². The van der Waals surface area contributed by atoms with Gasteiger partial charge in [0.05, 0.1) is 24.7 Å². The van der Waals surface area contributed by atoms with Crippen LogP contribution in [0.1, 0.15) is 45.8 Å². The summed E-state index contributed by atoms with van der Waals surface area (Å²) in [5.74, 6) is 0.291. The molecular formula is C28H31N7O3. The molecule has 1 saturated heterocycles. The third-order valence-corrected chi connectivity index (χ3v) is 6.37. The number of nitrogens with zero attached hydrogens (tertiary/aromatic N) is 4. The number of amides is 2. The number of aryl methyl sites for hydroxylation is 1. The lowest BCUT2D eigenvalue weighted by atomic mass is 9.85. The fourth-order valence-electron chi connectivity index (χ4n) is 3.92. The first-order valence-corrected chi connectivity index (χ1v) is 12.3. The molecule has 38 heavy (non-hydrogen) atoms. The van der Waals surface area contributed by atoms with Crippen molar-refractivity contribution in [2.45, 2.75) is 26.2 Å². The molecular weight excluding hydrogens is 482 g/mol. The standard InChI is InChI=1S/C28H31N7O3/c1-18-8-9-21(31-25(36)19-6-5-7-20(14-19)28(2,3)17-29)15-22(18)32-26(37)23-16-24(30-4)34-27(33-23)35-10-12-38-13-11-35/h5-9,14-16H,10-13H2,1-4H3,(H,31,36)(H,32,37)(H,30,33,34). The zero-order chi connectivity index (χ0) is 27.3. The van der Waals surface area contributed by atoms with Crippen LogP contribution >= 0.6 is 0 Å². The number of carbonyl (C=O) groups excluding carboxylic acids is 2. The topological polar surface area (TPSA) is 132 Å². The van der Waals surface area contributed by atoms with Crippen LogP contribution in [0, 0.1) is 18.3 Å². The number of rotatable bonds is 7. The molecule has 0 spiro atoms. The van der Waals surface area contributed by atoms with Crippen molar-refractivity contribution in [3.8, 4) is 6.07 Å². The van der Waals surface area contributed by atoms with Gasteiger partial charge in [-0.3, -0.25) is 9.59 Å². The van der Waals surface area contributed by atoms with Gasteiger partial charge < -0.3 is 25.6 Å². The van der Waals surface area contributed by atoms with E-state index in [0.717, 1.165) is 11.1 Å². The molecule has 1 fully saturated rings.